The Morgan fingerprint density at radius 2 is 2.23 bits per heavy atom. The van der Waals surface area contributed by atoms with Gasteiger partial charge in [-0.1, -0.05) is 0 Å². The number of carbonyl (C=O) groups is 1. The first-order valence-electron chi connectivity index (χ1n) is 8.32. The minimum Gasteiger partial charge on any atom is -0.354 e. The third kappa shape index (κ3) is 3.01. The molecule has 0 aromatic carbocycles. The molecular weight excluding hydrogens is 352 g/mol. The Kier molecular flexibility index (Phi) is 4.29. The number of nitrogens with zero attached hydrogens (tertiary/aromatic N) is 5. The molecule has 0 aliphatic carbocycles. The average molecular weight is 370 g/mol. The number of hydrogen-bond acceptors (Lipinski definition) is 5. The fourth-order valence-corrected chi connectivity index (χ4v) is 3.84. The Bertz CT molecular complexity index is 1120. The highest BCUT2D eigenvalue weighted by atomic mass is 32.1. The van der Waals surface area contributed by atoms with Crippen molar-refractivity contribution >= 4 is 33.0 Å². The second-order valence-electron chi connectivity index (χ2n) is 6.05. The van der Waals surface area contributed by atoms with E-state index in [1.54, 1.807) is 23.9 Å². The molecule has 0 radical (unpaired) electrons. The molecule has 0 spiro atoms. The Morgan fingerprint density at radius 3 is 3.04 bits per heavy atom. The number of nitrogens with one attached hydrogen (secondary N) is 1. The molecule has 4 aromatic heterocycles. The fourth-order valence-electron chi connectivity index (χ4n) is 3.04. The number of fused-ring (bicyclic) bond motifs is 3. The van der Waals surface area contributed by atoms with Crippen molar-refractivity contribution in [2.45, 2.75) is 26.4 Å². The fraction of sp³-hybridized carbons (Fsp3) is 0.294. The predicted molar refractivity (Wildman–Crippen MR) is 99.4 cm³/mol. The van der Waals surface area contributed by atoms with Crippen molar-refractivity contribution in [1.82, 2.24) is 29.0 Å². The van der Waals surface area contributed by atoms with Gasteiger partial charge in [-0.25, -0.2) is 9.67 Å². The zero-order valence-electron chi connectivity index (χ0n) is 14.3. The molecule has 0 aliphatic rings. The topological polar surface area (TPSA) is 86.2 Å². The number of amides is 1. The van der Waals surface area contributed by atoms with Gasteiger partial charge < -0.3 is 9.88 Å². The summed E-state index contributed by atoms with van der Waals surface area (Å²) in [5, 5.41) is 9.13. The lowest BCUT2D eigenvalue weighted by Crippen LogP contribution is -2.35. The highest BCUT2D eigenvalue weighted by molar-refractivity contribution is 7.17. The molecule has 26 heavy (non-hydrogen) atoms. The molecule has 0 unspecified atom stereocenters. The summed E-state index contributed by atoms with van der Waals surface area (Å²) in [5.41, 5.74) is 1.27. The Balaban J connectivity index is 1.45. The number of rotatable bonds is 6. The van der Waals surface area contributed by atoms with Crippen LogP contribution in [-0.4, -0.2) is 36.2 Å². The number of thiophene rings is 1. The van der Waals surface area contributed by atoms with Crippen LogP contribution in [0.1, 0.15) is 12.2 Å². The van der Waals surface area contributed by atoms with Gasteiger partial charge in [0.25, 0.3) is 5.56 Å². The third-order valence-electron chi connectivity index (χ3n) is 4.23. The van der Waals surface area contributed by atoms with E-state index in [4.69, 9.17) is 0 Å². The second kappa shape index (κ2) is 6.75. The summed E-state index contributed by atoms with van der Waals surface area (Å²) >= 11 is 1.58. The van der Waals surface area contributed by atoms with E-state index in [1.807, 2.05) is 39.6 Å². The molecule has 0 saturated carbocycles. The van der Waals surface area contributed by atoms with Gasteiger partial charge >= 0.3 is 0 Å². The van der Waals surface area contributed by atoms with Gasteiger partial charge in [-0.3, -0.25) is 14.0 Å². The Morgan fingerprint density at radius 1 is 1.35 bits per heavy atom. The van der Waals surface area contributed by atoms with Crippen LogP contribution in [0.25, 0.3) is 15.7 Å². The van der Waals surface area contributed by atoms with Crippen LogP contribution in [0, 0.1) is 6.92 Å². The summed E-state index contributed by atoms with van der Waals surface area (Å²) in [6.07, 6.45) is 6.13. The SMILES string of the molecule is Cc1nn(CC(=O)NCCCn2ccnc2)c(=O)c2cc3sccc3n12. The van der Waals surface area contributed by atoms with Crippen LogP contribution >= 0.6 is 11.3 Å². The van der Waals surface area contributed by atoms with Crippen LogP contribution in [0.5, 0.6) is 0 Å². The lowest BCUT2D eigenvalue weighted by molar-refractivity contribution is -0.121. The standard InChI is InChI=1S/C17H18N6O2S/c1-12-20-22(10-16(24)19-4-2-6-21-7-5-18-11-21)17(25)14-9-15-13(23(12)14)3-8-26-15/h3,5,7-9,11H,2,4,6,10H2,1H3,(H,19,24). The molecule has 4 heterocycles. The summed E-state index contributed by atoms with van der Waals surface area (Å²) < 4.78 is 6.06. The van der Waals surface area contributed by atoms with Gasteiger partial charge in [0.05, 0.1) is 16.5 Å². The second-order valence-corrected chi connectivity index (χ2v) is 7.00. The minimum atomic E-state index is -0.257. The predicted octanol–water partition coefficient (Wildman–Crippen LogP) is 1.42. The molecule has 134 valence electrons. The molecule has 1 amide bonds. The molecule has 4 rings (SSSR count). The lowest BCUT2D eigenvalue weighted by atomic mass is 10.4. The number of hydrogen-bond donors (Lipinski definition) is 1. The zero-order chi connectivity index (χ0) is 18.1. The normalized spacial score (nSPS) is 11.4. The van der Waals surface area contributed by atoms with E-state index >= 15 is 0 Å². The van der Waals surface area contributed by atoms with E-state index in [9.17, 15) is 9.59 Å². The van der Waals surface area contributed by atoms with Crippen molar-refractivity contribution in [3.63, 3.8) is 0 Å². The van der Waals surface area contributed by atoms with E-state index in [0.717, 1.165) is 23.2 Å². The van der Waals surface area contributed by atoms with Gasteiger partial charge in [-0.15, -0.1) is 11.3 Å². The molecule has 9 heteroatoms. The first-order chi connectivity index (χ1) is 12.6. The van der Waals surface area contributed by atoms with E-state index < -0.39 is 0 Å². The van der Waals surface area contributed by atoms with E-state index in [-0.39, 0.29) is 18.0 Å². The van der Waals surface area contributed by atoms with Crippen molar-refractivity contribution in [3.05, 3.63) is 52.4 Å². The molecule has 0 saturated heterocycles. The molecule has 0 bridgehead atoms. The van der Waals surface area contributed by atoms with Gasteiger partial charge in [0.15, 0.2) is 0 Å². The zero-order valence-corrected chi connectivity index (χ0v) is 15.1. The van der Waals surface area contributed by atoms with Crippen LogP contribution < -0.4 is 10.9 Å². The van der Waals surface area contributed by atoms with Crippen LogP contribution in [0.3, 0.4) is 0 Å². The van der Waals surface area contributed by atoms with Crippen molar-refractivity contribution in [2.75, 3.05) is 6.54 Å². The summed E-state index contributed by atoms with van der Waals surface area (Å²) in [5.74, 6) is 0.461. The molecular formula is C17H18N6O2S. The van der Waals surface area contributed by atoms with Crippen molar-refractivity contribution in [2.24, 2.45) is 0 Å². The summed E-state index contributed by atoms with van der Waals surface area (Å²) in [6, 6.07) is 3.83. The van der Waals surface area contributed by atoms with E-state index in [2.05, 4.69) is 15.4 Å². The average Bonchev–Trinajstić information content (AvgIpc) is 3.32. The third-order valence-corrected chi connectivity index (χ3v) is 5.09. The summed E-state index contributed by atoms with van der Waals surface area (Å²) in [4.78, 5) is 28.8. The van der Waals surface area contributed by atoms with E-state index in [0.29, 0.717) is 17.9 Å². The largest absolute Gasteiger partial charge is 0.354 e. The van der Waals surface area contributed by atoms with Crippen molar-refractivity contribution in [1.29, 1.82) is 0 Å². The molecule has 0 aliphatic heterocycles. The van der Waals surface area contributed by atoms with Gasteiger partial charge in [-0.2, -0.15) is 5.10 Å². The maximum absolute atomic E-state index is 12.7. The number of carbonyl (C=O) groups excluding carboxylic acids is 1. The van der Waals surface area contributed by atoms with Gasteiger partial charge in [0.2, 0.25) is 5.91 Å². The maximum atomic E-state index is 12.7. The molecule has 4 aromatic rings. The number of aryl methyl sites for hydroxylation is 2. The van der Waals surface area contributed by atoms with Crippen molar-refractivity contribution in [3.8, 4) is 0 Å². The van der Waals surface area contributed by atoms with Gasteiger partial charge in [-0.05, 0) is 30.9 Å². The Labute approximate surface area is 152 Å². The Hall–Kier alpha value is -2.94. The molecule has 1 N–H and O–H groups in total. The monoisotopic (exact) mass is 370 g/mol. The quantitative estimate of drug-likeness (QED) is 0.520. The maximum Gasteiger partial charge on any atom is 0.291 e. The number of imidazole rings is 1. The van der Waals surface area contributed by atoms with Crippen molar-refractivity contribution < 1.29 is 4.79 Å². The summed E-state index contributed by atoms with van der Waals surface area (Å²) in [6.45, 7) is 3.07. The highest BCUT2D eigenvalue weighted by Crippen LogP contribution is 2.24. The van der Waals surface area contributed by atoms with Gasteiger partial charge in [0, 0.05) is 25.5 Å². The minimum absolute atomic E-state index is 0.0833. The number of aromatic nitrogens is 5. The highest BCUT2D eigenvalue weighted by Gasteiger charge is 2.14. The van der Waals surface area contributed by atoms with Crippen LogP contribution in [0.2, 0.25) is 0 Å². The first kappa shape index (κ1) is 16.5. The van der Waals surface area contributed by atoms with E-state index in [1.165, 1.54) is 4.68 Å². The van der Waals surface area contributed by atoms with Crippen LogP contribution in [0.15, 0.2) is 41.0 Å². The smallest absolute Gasteiger partial charge is 0.291 e. The molecule has 0 atom stereocenters. The lowest BCUT2D eigenvalue weighted by Gasteiger charge is -2.09. The first-order valence-corrected chi connectivity index (χ1v) is 9.20. The molecule has 8 nitrogen and oxygen atoms in total. The van der Waals surface area contributed by atoms with Crippen LogP contribution in [-0.2, 0) is 17.9 Å². The molecule has 0 fully saturated rings. The van der Waals surface area contributed by atoms with Gasteiger partial charge in [0.1, 0.15) is 17.9 Å². The van der Waals surface area contributed by atoms with Crippen LogP contribution in [0.4, 0.5) is 0 Å². The summed E-state index contributed by atoms with van der Waals surface area (Å²) in [7, 11) is 0.